The third kappa shape index (κ3) is 3.24. The van der Waals surface area contributed by atoms with Crippen LogP contribution in [-0.4, -0.2) is 36.1 Å². The van der Waals surface area contributed by atoms with Crippen LogP contribution in [0.2, 0.25) is 0 Å². The van der Waals surface area contributed by atoms with Crippen LogP contribution < -0.4 is 20.5 Å². The number of carbonyl (C=O) groups excluding carboxylic acids is 2. The molecule has 1 N–H and O–H groups in total. The molecule has 0 radical (unpaired) electrons. The maximum atomic E-state index is 12.9. The van der Waals surface area contributed by atoms with E-state index >= 15 is 0 Å². The predicted molar refractivity (Wildman–Crippen MR) is 110 cm³/mol. The van der Waals surface area contributed by atoms with Crippen molar-refractivity contribution in [2.75, 3.05) is 18.6 Å². The Morgan fingerprint density at radius 3 is 2.62 bits per heavy atom. The summed E-state index contributed by atoms with van der Waals surface area (Å²) in [5.41, 5.74) is 0.647. The van der Waals surface area contributed by atoms with Gasteiger partial charge in [-0.15, -0.1) is 0 Å². The summed E-state index contributed by atoms with van der Waals surface area (Å²) >= 11 is 0. The first-order chi connectivity index (χ1) is 14.0. The monoisotopic (exact) mass is 391 g/mol. The number of nitrogens with zero attached hydrogens (tertiary/aromatic N) is 2. The van der Waals surface area contributed by atoms with Crippen LogP contribution in [-0.2, 0) is 11.8 Å². The van der Waals surface area contributed by atoms with E-state index in [0.717, 1.165) is 0 Å². The molecule has 3 aromatic rings. The summed E-state index contributed by atoms with van der Waals surface area (Å²) < 4.78 is 6.66. The van der Waals surface area contributed by atoms with Crippen molar-refractivity contribution in [3.8, 4) is 5.75 Å². The number of methoxy groups -OCH3 is 1. The van der Waals surface area contributed by atoms with Crippen LogP contribution in [0.1, 0.15) is 16.9 Å². The number of aromatic nitrogens is 1. The lowest BCUT2D eigenvalue weighted by molar-refractivity contribution is -0.118. The molecule has 1 aromatic heterocycles. The second-order valence-electron chi connectivity index (χ2n) is 6.96. The summed E-state index contributed by atoms with van der Waals surface area (Å²) in [6.45, 7) is 0.473. The molecule has 4 rings (SSSR count). The van der Waals surface area contributed by atoms with Crippen molar-refractivity contribution in [2.45, 2.75) is 12.5 Å². The van der Waals surface area contributed by atoms with Crippen molar-refractivity contribution >= 4 is 28.3 Å². The van der Waals surface area contributed by atoms with Gasteiger partial charge in [-0.2, -0.15) is 0 Å². The lowest BCUT2D eigenvalue weighted by atomic mass is 10.1. The fourth-order valence-electron chi connectivity index (χ4n) is 3.71. The van der Waals surface area contributed by atoms with Crippen LogP contribution in [0.15, 0.2) is 59.4 Å². The fraction of sp³-hybridized carbons (Fsp3) is 0.227. The molecule has 148 valence electrons. The molecule has 0 bridgehead atoms. The lowest BCUT2D eigenvalue weighted by Gasteiger charge is -2.20. The van der Waals surface area contributed by atoms with Crippen molar-refractivity contribution in [1.82, 2.24) is 9.88 Å². The molecule has 7 heteroatoms. The standard InChI is InChI=1S/C22H21N3O4/c1-24-18(13-14-7-3-4-8-15(14)21(24)27)20(26)23-16-11-12-25(22(16)28)17-9-5-6-10-19(17)29-2/h3-10,13,16H,11-12H2,1-2H3,(H,23,26). The van der Waals surface area contributed by atoms with Gasteiger partial charge in [-0.25, -0.2) is 0 Å². The highest BCUT2D eigenvalue weighted by atomic mass is 16.5. The Morgan fingerprint density at radius 1 is 1.10 bits per heavy atom. The normalized spacial score (nSPS) is 16.3. The van der Waals surface area contributed by atoms with E-state index in [0.29, 0.717) is 35.2 Å². The zero-order valence-electron chi connectivity index (χ0n) is 16.2. The lowest BCUT2D eigenvalue weighted by Crippen LogP contribution is -2.43. The van der Waals surface area contributed by atoms with Crippen LogP contribution in [0.3, 0.4) is 0 Å². The van der Waals surface area contributed by atoms with Crippen LogP contribution in [0.25, 0.3) is 10.8 Å². The average Bonchev–Trinajstić information content (AvgIpc) is 3.10. The van der Waals surface area contributed by atoms with Crippen molar-refractivity contribution < 1.29 is 14.3 Å². The Hall–Kier alpha value is -3.61. The van der Waals surface area contributed by atoms with E-state index in [4.69, 9.17) is 4.74 Å². The minimum absolute atomic E-state index is 0.200. The van der Waals surface area contributed by atoms with Gasteiger partial charge in [0.05, 0.1) is 12.8 Å². The third-order valence-corrected chi connectivity index (χ3v) is 5.27. The highest BCUT2D eigenvalue weighted by Crippen LogP contribution is 2.31. The van der Waals surface area contributed by atoms with E-state index in [9.17, 15) is 14.4 Å². The SMILES string of the molecule is COc1ccccc1N1CCC(NC(=O)c2cc3ccccc3c(=O)n2C)C1=O. The highest BCUT2D eigenvalue weighted by molar-refractivity contribution is 6.05. The summed E-state index contributed by atoms with van der Waals surface area (Å²) in [5.74, 6) is -0.0472. The molecule has 1 atom stereocenters. The number of ether oxygens (including phenoxy) is 1. The third-order valence-electron chi connectivity index (χ3n) is 5.27. The van der Waals surface area contributed by atoms with E-state index in [1.54, 1.807) is 49.4 Å². The van der Waals surface area contributed by atoms with Gasteiger partial charge in [-0.05, 0) is 36.1 Å². The number of hydrogen-bond acceptors (Lipinski definition) is 4. The van der Waals surface area contributed by atoms with Gasteiger partial charge in [0.1, 0.15) is 17.5 Å². The van der Waals surface area contributed by atoms with Crippen molar-refractivity contribution in [1.29, 1.82) is 0 Å². The van der Waals surface area contributed by atoms with Gasteiger partial charge in [0, 0.05) is 19.0 Å². The van der Waals surface area contributed by atoms with Gasteiger partial charge < -0.3 is 19.5 Å². The fourth-order valence-corrected chi connectivity index (χ4v) is 3.71. The van der Waals surface area contributed by atoms with Crippen molar-refractivity contribution in [3.63, 3.8) is 0 Å². The minimum atomic E-state index is -0.658. The molecule has 1 saturated heterocycles. The molecule has 1 unspecified atom stereocenters. The number of amides is 2. The first-order valence-corrected chi connectivity index (χ1v) is 9.35. The summed E-state index contributed by atoms with van der Waals surface area (Å²) in [6, 6.07) is 15.4. The Balaban J connectivity index is 1.58. The van der Waals surface area contributed by atoms with Gasteiger partial charge in [-0.3, -0.25) is 14.4 Å². The summed E-state index contributed by atoms with van der Waals surface area (Å²) in [4.78, 5) is 39.9. The largest absolute Gasteiger partial charge is 0.495 e. The quantitative estimate of drug-likeness (QED) is 0.738. The number of hydrogen-bond donors (Lipinski definition) is 1. The second kappa shape index (κ2) is 7.43. The summed E-state index contributed by atoms with van der Waals surface area (Å²) in [6.07, 6.45) is 0.476. The molecule has 7 nitrogen and oxygen atoms in total. The predicted octanol–water partition coefficient (Wildman–Crippen LogP) is 2.08. The van der Waals surface area contributed by atoms with Crippen LogP contribution in [0.5, 0.6) is 5.75 Å². The summed E-state index contributed by atoms with van der Waals surface area (Å²) in [5, 5.41) is 4.02. The van der Waals surface area contributed by atoms with Crippen LogP contribution in [0.4, 0.5) is 5.69 Å². The molecule has 2 amide bonds. The maximum Gasteiger partial charge on any atom is 0.268 e. The van der Waals surface area contributed by atoms with Gasteiger partial charge in [0.2, 0.25) is 5.91 Å². The van der Waals surface area contributed by atoms with Crippen molar-refractivity contribution in [2.24, 2.45) is 7.05 Å². The zero-order valence-corrected chi connectivity index (χ0v) is 16.2. The molecular formula is C22H21N3O4. The number of pyridine rings is 1. The van der Waals surface area contributed by atoms with Gasteiger partial charge in [-0.1, -0.05) is 30.3 Å². The molecule has 2 aromatic carbocycles. The van der Waals surface area contributed by atoms with E-state index in [1.807, 2.05) is 24.3 Å². The molecule has 1 aliphatic heterocycles. The van der Waals surface area contributed by atoms with Gasteiger partial charge >= 0.3 is 0 Å². The molecule has 1 fully saturated rings. The maximum absolute atomic E-state index is 12.9. The Kier molecular flexibility index (Phi) is 4.80. The first-order valence-electron chi connectivity index (χ1n) is 9.35. The topological polar surface area (TPSA) is 80.6 Å². The highest BCUT2D eigenvalue weighted by Gasteiger charge is 2.35. The first kappa shape index (κ1) is 18.7. The summed E-state index contributed by atoms with van der Waals surface area (Å²) in [7, 11) is 3.11. The van der Waals surface area contributed by atoms with Crippen LogP contribution >= 0.6 is 0 Å². The number of carbonyl (C=O) groups is 2. The second-order valence-corrected chi connectivity index (χ2v) is 6.96. The number of nitrogens with one attached hydrogen (secondary N) is 1. The molecule has 2 heterocycles. The molecule has 0 spiro atoms. The van der Waals surface area contributed by atoms with Crippen LogP contribution in [0, 0.1) is 0 Å². The Labute approximate surface area is 167 Å². The minimum Gasteiger partial charge on any atom is -0.495 e. The van der Waals surface area contributed by atoms with E-state index < -0.39 is 11.9 Å². The molecule has 0 saturated carbocycles. The van der Waals surface area contributed by atoms with E-state index in [2.05, 4.69) is 5.32 Å². The number of rotatable bonds is 4. The van der Waals surface area contributed by atoms with Gasteiger partial charge in [0.25, 0.3) is 11.5 Å². The van der Waals surface area contributed by atoms with Gasteiger partial charge in [0.15, 0.2) is 0 Å². The zero-order chi connectivity index (χ0) is 20.5. The number of para-hydroxylation sites is 2. The average molecular weight is 391 g/mol. The molecule has 0 aliphatic carbocycles. The van der Waals surface area contributed by atoms with E-state index in [1.165, 1.54) is 4.57 Å². The van der Waals surface area contributed by atoms with E-state index in [-0.39, 0.29) is 17.2 Å². The van der Waals surface area contributed by atoms with Crippen molar-refractivity contribution in [3.05, 3.63) is 70.6 Å². The smallest absolute Gasteiger partial charge is 0.268 e. The number of anilines is 1. The number of fused-ring (bicyclic) bond motifs is 1. The Bertz CT molecular complexity index is 1170. The molecule has 1 aliphatic rings. The number of benzene rings is 2. The Morgan fingerprint density at radius 2 is 1.83 bits per heavy atom. The molecular weight excluding hydrogens is 370 g/mol. The molecule has 29 heavy (non-hydrogen) atoms.